The molecule has 232 valence electrons. The van der Waals surface area contributed by atoms with E-state index in [1.807, 2.05) is 0 Å². The van der Waals surface area contributed by atoms with Crippen molar-refractivity contribution in [2.45, 2.75) is 76.2 Å². The first kappa shape index (κ1) is 33.8. The van der Waals surface area contributed by atoms with Gasteiger partial charge in [-0.2, -0.15) is 0 Å². The van der Waals surface area contributed by atoms with E-state index in [0.29, 0.717) is 0 Å². The number of aliphatic hydroxyl groups is 3. The zero-order valence-electron chi connectivity index (χ0n) is 23.9. The highest BCUT2D eigenvalue weighted by atomic mass is 35.5. The summed E-state index contributed by atoms with van der Waals surface area (Å²) in [5.74, 6) is -8.11. The number of hydrogen-bond donors (Lipinski definition) is 5. The van der Waals surface area contributed by atoms with Crippen LogP contribution >= 0.6 is 24.8 Å². The number of phenolic OH excluding ortho intramolecular Hbond substituents is 1. The molecule has 1 heterocycles. The second kappa shape index (κ2) is 11.8. The Balaban J connectivity index is 0.00000242. The molecule has 6 atom stereocenters. The summed E-state index contributed by atoms with van der Waals surface area (Å²) in [4.78, 5) is 42.7. The topological polar surface area (TPSA) is 165 Å². The molecule has 1 amide bonds. The average Bonchev–Trinajstić information content (AvgIpc) is 2.86. The molecule has 1 aromatic carbocycles. The van der Waals surface area contributed by atoms with Gasteiger partial charge in [-0.05, 0) is 65.6 Å². The molecule has 13 heteroatoms. The predicted octanol–water partition coefficient (Wildman–Crippen LogP) is 2.71. The van der Waals surface area contributed by atoms with Gasteiger partial charge in [0.15, 0.2) is 11.4 Å². The van der Waals surface area contributed by atoms with Crippen molar-refractivity contribution in [3.8, 4) is 5.75 Å². The maximum Gasteiger partial charge on any atom is 0.255 e. The second-order valence-electron chi connectivity index (χ2n) is 12.0. The number of aliphatic hydroxyl groups excluding tert-OH is 2. The third-order valence-electron chi connectivity index (χ3n) is 9.46. The number of nitrogens with two attached hydrogens (primary N) is 1. The number of amides is 1. The van der Waals surface area contributed by atoms with Gasteiger partial charge in [0.25, 0.3) is 5.91 Å². The molecule has 2 fully saturated rings. The van der Waals surface area contributed by atoms with Gasteiger partial charge in [0, 0.05) is 41.2 Å². The van der Waals surface area contributed by atoms with Crippen LogP contribution < -0.4 is 5.73 Å². The van der Waals surface area contributed by atoms with Crippen molar-refractivity contribution < 1.29 is 39.2 Å². The molecule has 6 N–H and O–H groups in total. The lowest BCUT2D eigenvalue weighted by molar-refractivity contribution is -0.153. The summed E-state index contributed by atoms with van der Waals surface area (Å²) < 4.78 is 16.1. The highest BCUT2D eigenvalue weighted by Crippen LogP contribution is 2.53. The third-order valence-corrected chi connectivity index (χ3v) is 9.46. The van der Waals surface area contributed by atoms with Crippen LogP contribution in [0.3, 0.4) is 0 Å². The number of likely N-dealkylation sites (N-methyl/N-ethyl adjacent to an activating group) is 1. The molecule has 1 aromatic rings. The summed E-state index contributed by atoms with van der Waals surface area (Å²) in [6.07, 6.45) is 2.89. The zero-order chi connectivity index (χ0) is 29.4. The minimum Gasteiger partial charge on any atom is -0.508 e. The molecule has 1 saturated heterocycles. The number of Topliss-reactive ketones (excluding diaryl/α,β-unsaturated/α-hetero) is 2. The van der Waals surface area contributed by atoms with E-state index < -0.39 is 69.6 Å². The molecule has 3 aliphatic carbocycles. The van der Waals surface area contributed by atoms with E-state index in [-0.39, 0.29) is 78.5 Å². The lowest BCUT2D eigenvalue weighted by atomic mass is 9.57. The Morgan fingerprint density at radius 1 is 1.14 bits per heavy atom. The van der Waals surface area contributed by atoms with E-state index in [1.165, 1.54) is 25.1 Å². The van der Waals surface area contributed by atoms with Gasteiger partial charge in [0.1, 0.15) is 28.7 Å². The largest absolute Gasteiger partial charge is 0.508 e. The van der Waals surface area contributed by atoms with E-state index in [1.54, 1.807) is 0 Å². The third kappa shape index (κ3) is 4.79. The number of aromatic hydroxyl groups is 1. The molecule has 0 aromatic heterocycles. The number of likely N-dealkylation sites (tertiary alicyclic amines) is 1. The van der Waals surface area contributed by atoms with Gasteiger partial charge in [-0.3, -0.25) is 24.2 Å². The van der Waals surface area contributed by atoms with Crippen LogP contribution in [0.4, 0.5) is 4.39 Å². The lowest BCUT2D eigenvalue weighted by Gasteiger charge is -2.50. The number of fused-ring (bicyclic) bond motifs is 3. The number of carbonyl (C=O) groups excluding carboxylic acids is 3. The first-order valence-electron chi connectivity index (χ1n) is 13.6. The molecular weight excluding hydrogens is 592 g/mol. The van der Waals surface area contributed by atoms with Gasteiger partial charge in [-0.15, -0.1) is 24.8 Å². The van der Waals surface area contributed by atoms with Crippen molar-refractivity contribution in [3.63, 3.8) is 0 Å². The number of piperidine rings is 1. The molecule has 42 heavy (non-hydrogen) atoms. The standard InChI is InChI=1S/C29H36FN3O7.2ClH/c1-12-6-5-7-13(2)33(12)11-15-10-18(34)20-16(22(15)30)8-14-9-17-23(32(3)4)25(36)21(28(31)39)27(38)29(17,40)26(37)19(14)24(20)35;;/h10,12-14,17,23,34-35,38,40H,5-9,11H2,1-4H3,(H2,31,39);2*1H/t12-,13+,14-,17-,23-,29-;;/m0../s1. The summed E-state index contributed by atoms with van der Waals surface area (Å²) in [6.45, 7) is 4.44. The molecule has 0 unspecified atom stereocenters. The number of primary amides is 1. The highest BCUT2D eigenvalue weighted by molar-refractivity contribution is 6.24. The molecule has 0 spiro atoms. The summed E-state index contributed by atoms with van der Waals surface area (Å²) in [6, 6.07) is 0.526. The minimum absolute atomic E-state index is 0. The minimum atomic E-state index is -2.72. The van der Waals surface area contributed by atoms with Crippen LogP contribution in [-0.2, 0) is 27.3 Å². The number of halogens is 3. The van der Waals surface area contributed by atoms with Crippen LogP contribution in [0, 0.1) is 17.7 Å². The summed E-state index contributed by atoms with van der Waals surface area (Å²) in [5, 5.41) is 44.8. The normalized spacial score (nSPS) is 31.2. The Hall–Kier alpha value is -2.70. The van der Waals surface area contributed by atoms with Gasteiger partial charge in [-0.25, -0.2) is 4.39 Å². The van der Waals surface area contributed by atoms with E-state index in [4.69, 9.17) is 5.73 Å². The molecule has 1 aliphatic heterocycles. The molecule has 0 radical (unpaired) electrons. The number of carbonyl (C=O) groups is 3. The summed E-state index contributed by atoms with van der Waals surface area (Å²) >= 11 is 0. The number of hydrogen-bond acceptors (Lipinski definition) is 9. The maximum absolute atomic E-state index is 16.1. The summed E-state index contributed by atoms with van der Waals surface area (Å²) in [5.41, 5.74) is 1.53. The average molecular weight is 631 g/mol. The fourth-order valence-electron chi connectivity index (χ4n) is 7.45. The number of benzene rings is 1. The number of ketones is 2. The number of rotatable bonds is 4. The van der Waals surface area contributed by atoms with Crippen molar-refractivity contribution in [2.24, 2.45) is 17.6 Å². The van der Waals surface area contributed by atoms with Crippen molar-refractivity contribution in [1.82, 2.24) is 9.80 Å². The quantitative estimate of drug-likeness (QED) is 0.315. The molecule has 1 saturated carbocycles. The molecule has 4 aliphatic rings. The fourth-order valence-corrected chi connectivity index (χ4v) is 7.45. The van der Waals surface area contributed by atoms with Crippen LogP contribution in [0.1, 0.15) is 56.2 Å². The van der Waals surface area contributed by atoms with Gasteiger partial charge in [0.05, 0.1) is 11.6 Å². The van der Waals surface area contributed by atoms with Crippen LogP contribution in [-0.4, -0.2) is 85.5 Å². The molecule has 10 nitrogen and oxygen atoms in total. The van der Waals surface area contributed by atoms with Crippen molar-refractivity contribution in [1.29, 1.82) is 0 Å². The monoisotopic (exact) mass is 629 g/mol. The first-order chi connectivity index (χ1) is 18.7. The van der Waals surface area contributed by atoms with Crippen molar-refractivity contribution in [3.05, 3.63) is 45.5 Å². The summed E-state index contributed by atoms with van der Waals surface area (Å²) in [7, 11) is 3.06. The van der Waals surface area contributed by atoms with Crippen LogP contribution in [0.5, 0.6) is 5.75 Å². The van der Waals surface area contributed by atoms with Gasteiger partial charge >= 0.3 is 0 Å². The molecule has 0 bridgehead atoms. The Labute approximate surface area is 255 Å². The predicted molar refractivity (Wildman–Crippen MR) is 157 cm³/mol. The lowest BCUT2D eigenvalue weighted by Crippen LogP contribution is -2.65. The SMILES string of the molecule is C[C@@H]1CCC[C@H](C)N1Cc1cc(O)c2c(c1F)C[C@H]1C[C@H]3[C@H](N(C)C)C(=O)C(C(N)=O)=C(O)[C@@]3(O)C(=O)C1=C2O.Cl.Cl. The van der Waals surface area contributed by atoms with Crippen molar-refractivity contribution in [2.75, 3.05) is 14.1 Å². The highest BCUT2D eigenvalue weighted by Gasteiger charge is 2.64. The van der Waals surface area contributed by atoms with Crippen LogP contribution in [0.25, 0.3) is 5.76 Å². The molecule has 5 rings (SSSR count). The molecular formula is C29H38Cl2FN3O7. The van der Waals surface area contributed by atoms with E-state index in [0.717, 1.165) is 19.3 Å². The van der Waals surface area contributed by atoms with E-state index in [9.17, 15) is 34.8 Å². The van der Waals surface area contributed by atoms with E-state index >= 15 is 4.39 Å². The Morgan fingerprint density at radius 3 is 2.29 bits per heavy atom. The van der Waals surface area contributed by atoms with Gasteiger partial charge < -0.3 is 26.2 Å². The number of nitrogens with zero attached hydrogens (tertiary/aromatic N) is 2. The van der Waals surface area contributed by atoms with Crippen molar-refractivity contribution >= 4 is 48.0 Å². The second-order valence-corrected chi connectivity index (χ2v) is 12.0. The smallest absolute Gasteiger partial charge is 0.255 e. The Morgan fingerprint density at radius 2 is 1.74 bits per heavy atom. The van der Waals surface area contributed by atoms with Crippen LogP contribution in [0.2, 0.25) is 0 Å². The Kier molecular flexibility index (Phi) is 9.47. The fraction of sp³-hybridized carbons (Fsp3) is 0.552. The Bertz CT molecular complexity index is 1390. The van der Waals surface area contributed by atoms with E-state index in [2.05, 4.69) is 18.7 Å². The van der Waals surface area contributed by atoms with Gasteiger partial charge in [0.2, 0.25) is 5.78 Å². The number of phenols is 1. The maximum atomic E-state index is 16.1. The zero-order valence-corrected chi connectivity index (χ0v) is 25.5. The first-order valence-corrected chi connectivity index (χ1v) is 13.6. The van der Waals surface area contributed by atoms with Gasteiger partial charge in [-0.1, -0.05) is 6.42 Å². The van der Waals surface area contributed by atoms with Crippen LogP contribution in [0.15, 0.2) is 23.0 Å².